The number of fused-ring (bicyclic) bond motifs is 1. The summed E-state index contributed by atoms with van der Waals surface area (Å²) in [7, 11) is 0. The average molecular weight is 416 g/mol. The molecule has 3 aromatic rings. The van der Waals surface area contributed by atoms with Gasteiger partial charge in [-0.3, -0.25) is 9.69 Å². The van der Waals surface area contributed by atoms with E-state index >= 15 is 0 Å². The van der Waals surface area contributed by atoms with Gasteiger partial charge in [0.15, 0.2) is 5.41 Å². The standard InChI is InChI=1S/C22H23F3N4O/c1-16-6-5-9-19-27-18(14-29(16)19)12-26-20(30)21(22(23,24)25)10-11-28(15-21)13-17-7-3-2-4-8-17/h2-9,14H,10-13,15H2,1H3,(H,26,30). The summed E-state index contributed by atoms with van der Waals surface area (Å²) in [5.41, 5.74) is 0.693. The minimum absolute atomic E-state index is 0.0452. The van der Waals surface area contributed by atoms with Crippen LogP contribution in [0.4, 0.5) is 13.2 Å². The number of amides is 1. The van der Waals surface area contributed by atoms with E-state index in [0.29, 0.717) is 17.9 Å². The Bertz CT molecular complexity index is 1050. The van der Waals surface area contributed by atoms with Crippen molar-refractivity contribution in [2.75, 3.05) is 13.1 Å². The molecule has 3 heterocycles. The maximum Gasteiger partial charge on any atom is 0.404 e. The molecule has 0 spiro atoms. The van der Waals surface area contributed by atoms with Crippen molar-refractivity contribution in [2.45, 2.75) is 32.6 Å². The fraction of sp³-hybridized carbons (Fsp3) is 0.364. The summed E-state index contributed by atoms with van der Waals surface area (Å²) in [5, 5.41) is 2.49. The van der Waals surface area contributed by atoms with Crippen molar-refractivity contribution < 1.29 is 18.0 Å². The molecule has 0 radical (unpaired) electrons. The number of nitrogens with one attached hydrogen (secondary N) is 1. The van der Waals surface area contributed by atoms with E-state index in [-0.39, 0.29) is 26.1 Å². The number of carbonyl (C=O) groups is 1. The first-order valence-electron chi connectivity index (χ1n) is 9.83. The Kier molecular flexibility index (Phi) is 5.27. The topological polar surface area (TPSA) is 49.6 Å². The summed E-state index contributed by atoms with van der Waals surface area (Å²) >= 11 is 0. The minimum Gasteiger partial charge on any atom is -0.350 e. The number of imidazole rings is 1. The van der Waals surface area contributed by atoms with Gasteiger partial charge in [-0.05, 0) is 37.6 Å². The van der Waals surface area contributed by atoms with E-state index in [0.717, 1.165) is 11.3 Å². The van der Waals surface area contributed by atoms with Gasteiger partial charge in [0.25, 0.3) is 0 Å². The number of likely N-dealkylation sites (tertiary alicyclic amines) is 1. The highest BCUT2D eigenvalue weighted by Gasteiger charge is 2.62. The molecule has 1 aliphatic rings. The zero-order chi connectivity index (χ0) is 21.4. The van der Waals surface area contributed by atoms with E-state index in [1.165, 1.54) is 0 Å². The smallest absolute Gasteiger partial charge is 0.350 e. The molecule has 1 aliphatic heterocycles. The normalized spacial score (nSPS) is 20.0. The van der Waals surface area contributed by atoms with Crippen molar-refractivity contribution in [1.82, 2.24) is 19.6 Å². The van der Waals surface area contributed by atoms with Gasteiger partial charge in [-0.15, -0.1) is 0 Å². The molecule has 0 saturated carbocycles. The summed E-state index contributed by atoms with van der Waals surface area (Å²) < 4.78 is 43.9. The van der Waals surface area contributed by atoms with Crippen LogP contribution in [0.25, 0.3) is 5.65 Å². The van der Waals surface area contributed by atoms with E-state index in [4.69, 9.17) is 0 Å². The highest BCUT2D eigenvalue weighted by molar-refractivity contribution is 5.84. The monoisotopic (exact) mass is 416 g/mol. The van der Waals surface area contributed by atoms with E-state index in [1.54, 1.807) is 11.1 Å². The maximum absolute atomic E-state index is 14.0. The summed E-state index contributed by atoms with van der Waals surface area (Å²) in [6, 6.07) is 14.9. The van der Waals surface area contributed by atoms with Gasteiger partial charge in [0, 0.05) is 25.0 Å². The Hall–Kier alpha value is -2.87. The minimum atomic E-state index is -4.63. The number of nitrogens with zero attached hydrogens (tertiary/aromatic N) is 3. The molecule has 158 valence electrons. The van der Waals surface area contributed by atoms with Crippen LogP contribution in [0.15, 0.2) is 54.7 Å². The Morgan fingerprint density at radius 3 is 2.63 bits per heavy atom. The first-order valence-corrected chi connectivity index (χ1v) is 9.83. The molecule has 1 unspecified atom stereocenters. The predicted octanol–water partition coefficient (Wildman–Crippen LogP) is 3.71. The predicted molar refractivity (Wildman–Crippen MR) is 107 cm³/mol. The van der Waals surface area contributed by atoms with Gasteiger partial charge >= 0.3 is 6.18 Å². The lowest BCUT2D eigenvalue weighted by Crippen LogP contribution is -2.52. The number of carbonyl (C=O) groups excluding carboxylic acids is 1. The van der Waals surface area contributed by atoms with Crippen molar-refractivity contribution >= 4 is 11.6 Å². The van der Waals surface area contributed by atoms with Crippen LogP contribution in [0.3, 0.4) is 0 Å². The summed E-state index contributed by atoms with van der Waals surface area (Å²) in [6.07, 6.45) is -3.14. The van der Waals surface area contributed by atoms with Crippen LogP contribution < -0.4 is 5.32 Å². The molecule has 5 nitrogen and oxygen atoms in total. The number of hydrogen-bond donors (Lipinski definition) is 1. The Balaban J connectivity index is 1.48. The zero-order valence-corrected chi connectivity index (χ0v) is 16.6. The fourth-order valence-corrected chi connectivity index (χ4v) is 4.03. The van der Waals surface area contributed by atoms with Crippen LogP contribution in [0.2, 0.25) is 0 Å². The largest absolute Gasteiger partial charge is 0.404 e. The molecule has 1 saturated heterocycles. The van der Waals surface area contributed by atoms with Crippen molar-refractivity contribution in [2.24, 2.45) is 5.41 Å². The lowest BCUT2D eigenvalue weighted by Gasteiger charge is -2.30. The van der Waals surface area contributed by atoms with Crippen LogP contribution >= 0.6 is 0 Å². The number of aryl methyl sites for hydroxylation is 1. The highest BCUT2D eigenvalue weighted by Crippen LogP contribution is 2.46. The molecule has 0 bridgehead atoms. The molecule has 1 atom stereocenters. The second-order valence-electron chi connectivity index (χ2n) is 7.84. The van der Waals surface area contributed by atoms with Gasteiger partial charge in [-0.1, -0.05) is 36.4 Å². The van der Waals surface area contributed by atoms with Crippen LogP contribution in [0.1, 0.15) is 23.4 Å². The maximum atomic E-state index is 14.0. The Labute approximate surface area is 172 Å². The third-order valence-corrected chi connectivity index (χ3v) is 5.75. The van der Waals surface area contributed by atoms with Gasteiger partial charge < -0.3 is 9.72 Å². The lowest BCUT2D eigenvalue weighted by molar-refractivity contribution is -0.218. The van der Waals surface area contributed by atoms with Crippen molar-refractivity contribution in [3.63, 3.8) is 0 Å². The van der Waals surface area contributed by atoms with Gasteiger partial charge in [0.2, 0.25) is 5.91 Å². The van der Waals surface area contributed by atoms with Crippen molar-refractivity contribution in [3.8, 4) is 0 Å². The van der Waals surface area contributed by atoms with Gasteiger partial charge in [-0.25, -0.2) is 4.98 Å². The molecular formula is C22H23F3N4O. The van der Waals surface area contributed by atoms with Gasteiger partial charge in [0.05, 0.1) is 12.2 Å². The van der Waals surface area contributed by atoms with Crippen molar-refractivity contribution in [3.05, 3.63) is 71.7 Å². The van der Waals surface area contributed by atoms with Gasteiger partial charge in [0.1, 0.15) is 5.65 Å². The number of benzene rings is 1. The van der Waals surface area contributed by atoms with E-state index in [1.807, 2.05) is 59.9 Å². The number of aromatic nitrogens is 2. The summed E-state index contributed by atoms with van der Waals surface area (Å²) in [5.74, 6) is -0.987. The number of alkyl halides is 3. The molecular weight excluding hydrogens is 393 g/mol. The molecule has 1 N–H and O–H groups in total. The van der Waals surface area contributed by atoms with Crippen LogP contribution in [-0.4, -0.2) is 39.5 Å². The first-order chi connectivity index (χ1) is 14.3. The highest BCUT2D eigenvalue weighted by atomic mass is 19.4. The molecule has 1 aromatic carbocycles. The third-order valence-electron chi connectivity index (χ3n) is 5.75. The molecule has 1 amide bonds. The molecule has 8 heteroatoms. The Morgan fingerprint density at radius 2 is 1.93 bits per heavy atom. The quantitative estimate of drug-likeness (QED) is 0.690. The fourth-order valence-electron chi connectivity index (χ4n) is 4.03. The zero-order valence-electron chi connectivity index (χ0n) is 16.6. The number of halogens is 3. The molecule has 0 aliphatic carbocycles. The summed E-state index contributed by atoms with van der Waals surface area (Å²) in [6.45, 7) is 2.13. The molecule has 30 heavy (non-hydrogen) atoms. The molecule has 2 aromatic heterocycles. The van der Waals surface area contributed by atoms with E-state index in [9.17, 15) is 18.0 Å². The average Bonchev–Trinajstić information content (AvgIpc) is 3.32. The lowest BCUT2D eigenvalue weighted by atomic mass is 9.85. The Morgan fingerprint density at radius 1 is 1.17 bits per heavy atom. The van der Waals surface area contributed by atoms with Crippen LogP contribution in [-0.2, 0) is 17.9 Å². The second kappa shape index (κ2) is 7.75. The number of hydrogen-bond acceptors (Lipinski definition) is 3. The third kappa shape index (κ3) is 3.79. The molecule has 1 fully saturated rings. The van der Waals surface area contributed by atoms with E-state index in [2.05, 4.69) is 10.3 Å². The number of rotatable bonds is 5. The van der Waals surface area contributed by atoms with Crippen LogP contribution in [0.5, 0.6) is 0 Å². The second-order valence-corrected chi connectivity index (χ2v) is 7.84. The number of pyridine rings is 1. The van der Waals surface area contributed by atoms with Gasteiger partial charge in [-0.2, -0.15) is 13.2 Å². The van der Waals surface area contributed by atoms with Crippen LogP contribution in [0, 0.1) is 12.3 Å². The SMILES string of the molecule is Cc1cccc2nc(CNC(=O)C3(C(F)(F)F)CCN(Cc4ccccc4)C3)cn12. The van der Waals surface area contributed by atoms with Crippen molar-refractivity contribution in [1.29, 1.82) is 0 Å². The van der Waals surface area contributed by atoms with E-state index < -0.39 is 17.5 Å². The first kappa shape index (κ1) is 20.4. The summed E-state index contributed by atoms with van der Waals surface area (Å²) in [4.78, 5) is 18.9. The molecule has 4 rings (SSSR count).